The number of benzene rings is 1. The van der Waals surface area contributed by atoms with Gasteiger partial charge in [-0.25, -0.2) is 9.67 Å². The molecule has 1 aromatic carbocycles. The normalized spacial score (nSPS) is 11.3. The van der Waals surface area contributed by atoms with Crippen LogP contribution < -0.4 is 4.74 Å². The van der Waals surface area contributed by atoms with E-state index in [0.29, 0.717) is 26.8 Å². The van der Waals surface area contributed by atoms with Crippen molar-refractivity contribution in [2.45, 2.75) is 44.1 Å². The van der Waals surface area contributed by atoms with E-state index in [4.69, 9.17) is 26.4 Å². The molecule has 0 radical (unpaired) electrons. The van der Waals surface area contributed by atoms with Gasteiger partial charge >= 0.3 is 0 Å². The molecule has 34 heavy (non-hydrogen) atoms. The quantitative estimate of drug-likeness (QED) is 0.197. The first kappa shape index (κ1) is 24.4. The van der Waals surface area contributed by atoms with E-state index in [-0.39, 0.29) is 0 Å². The van der Waals surface area contributed by atoms with Crippen LogP contribution in [0.5, 0.6) is 5.75 Å². The van der Waals surface area contributed by atoms with Crippen LogP contribution in [-0.4, -0.2) is 38.4 Å². The predicted octanol–water partition coefficient (Wildman–Crippen LogP) is 6.96. The lowest BCUT2D eigenvalue weighted by Gasteiger charge is -2.09. The molecule has 0 aliphatic heterocycles. The van der Waals surface area contributed by atoms with Gasteiger partial charge in [0.2, 0.25) is 5.13 Å². The highest BCUT2D eigenvalue weighted by Gasteiger charge is 2.24. The van der Waals surface area contributed by atoms with Crippen molar-refractivity contribution in [2.24, 2.45) is 0 Å². The van der Waals surface area contributed by atoms with E-state index in [1.54, 1.807) is 29.6 Å². The number of rotatable bonds is 7. The zero-order chi connectivity index (χ0) is 24.6. The second-order valence-corrected chi connectivity index (χ2v) is 11.4. The van der Waals surface area contributed by atoms with Crippen molar-refractivity contribution < 1.29 is 9.53 Å². The lowest BCUT2D eigenvalue weighted by atomic mass is 10.0. The molecule has 0 atom stereocenters. The molecule has 0 aliphatic carbocycles. The first-order valence-corrected chi connectivity index (χ1v) is 12.8. The fourth-order valence-electron chi connectivity index (χ4n) is 3.85. The van der Waals surface area contributed by atoms with Crippen molar-refractivity contribution in [3.05, 3.63) is 58.1 Å². The van der Waals surface area contributed by atoms with Gasteiger partial charge in [0.15, 0.2) is 6.29 Å². The van der Waals surface area contributed by atoms with Gasteiger partial charge in [-0.1, -0.05) is 36.8 Å². The number of halogens is 1. The number of thiazole rings is 1. The molecule has 0 unspecified atom stereocenters. The van der Waals surface area contributed by atoms with Gasteiger partial charge in [0.1, 0.15) is 17.1 Å². The predicted molar refractivity (Wildman–Crippen MR) is 140 cm³/mol. The van der Waals surface area contributed by atoms with Crippen LogP contribution in [0.1, 0.15) is 41.4 Å². The highest BCUT2D eigenvalue weighted by molar-refractivity contribution is 8.01. The Hall–Kier alpha value is -2.68. The van der Waals surface area contributed by atoms with E-state index < -0.39 is 0 Å². The summed E-state index contributed by atoms with van der Waals surface area (Å²) in [4.78, 5) is 21.7. The van der Waals surface area contributed by atoms with Crippen molar-refractivity contribution in [1.29, 1.82) is 0 Å². The maximum absolute atomic E-state index is 12.3. The molecule has 6 nitrogen and oxygen atoms in total. The number of ether oxygens (including phenoxy) is 1. The summed E-state index contributed by atoms with van der Waals surface area (Å²) in [5.74, 6) is 0.644. The summed E-state index contributed by atoms with van der Waals surface area (Å²) in [5, 5.41) is 6.27. The number of hydrogen-bond acceptors (Lipinski definition) is 7. The number of aryl methyl sites for hydroxylation is 3. The number of carbonyl (C=O) groups excluding carboxylic acids is 1. The van der Waals surface area contributed by atoms with Crippen LogP contribution in [0.15, 0.2) is 34.5 Å². The largest absolute Gasteiger partial charge is 0.496 e. The molecule has 0 saturated heterocycles. The number of aldehydes is 1. The standard InChI is InChI=1S/C25H25ClN4O2S2/c1-13(2)33-24-23(19-8-7-18(26)11-21(19)32-6)28-25(34-24)30-20(12-31)22(16(5)29-30)17-9-14(3)27-15(4)10-17/h7-13H,1-6H3. The Labute approximate surface area is 212 Å². The molecule has 0 amide bonds. The minimum atomic E-state index is 0.341. The van der Waals surface area contributed by atoms with Crippen LogP contribution in [-0.2, 0) is 0 Å². The van der Waals surface area contributed by atoms with E-state index in [0.717, 1.165) is 50.0 Å². The summed E-state index contributed by atoms with van der Waals surface area (Å²) >= 11 is 9.41. The number of nitrogens with zero attached hydrogens (tertiary/aromatic N) is 4. The van der Waals surface area contributed by atoms with Crippen molar-refractivity contribution >= 4 is 41.0 Å². The molecule has 3 aromatic heterocycles. The van der Waals surface area contributed by atoms with Crippen molar-refractivity contribution in [3.8, 4) is 33.3 Å². The minimum absolute atomic E-state index is 0.341. The van der Waals surface area contributed by atoms with E-state index in [2.05, 4.69) is 18.8 Å². The lowest BCUT2D eigenvalue weighted by molar-refractivity contribution is 0.111. The van der Waals surface area contributed by atoms with Crippen LogP contribution in [0.2, 0.25) is 5.02 Å². The highest BCUT2D eigenvalue weighted by Crippen LogP contribution is 2.43. The Balaban J connectivity index is 1.92. The van der Waals surface area contributed by atoms with Gasteiger partial charge in [0.25, 0.3) is 0 Å². The maximum atomic E-state index is 12.3. The van der Waals surface area contributed by atoms with Gasteiger partial charge in [0.05, 0.1) is 17.0 Å². The number of pyridine rings is 1. The van der Waals surface area contributed by atoms with Gasteiger partial charge in [-0.2, -0.15) is 5.10 Å². The molecule has 0 aliphatic rings. The third-order valence-electron chi connectivity index (χ3n) is 5.11. The molecule has 9 heteroatoms. The van der Waals surface area contributed by atoms with E-state index in [9.17, 15) is 4.79 Å². The monoisotopic (exact) mass is 512 g/mol. The van der Waals surface area contributed by atoms with Crippen molar-refractivity contribution in [2.75, 3.05) is 7.11 Å². The Kier molecular flexibility index (Phi) is 7.12. The van der Waals surface area contributed by atoms with Crippen LogP contribution >= 0.6 is 34.7 Å². The lowest BCUT2D eigenvalue weighted by Crippen LogP contribution is -2.02. The van der Waals surface area contributed by atoms with Gasteiger partial charge in [-0.3, -0.25) is 9.78 Å². The van der Waals surface area contributed by atoms with Crippen molar-refractivity contribution in [3.63, 3.8) is 0 Å². The van der Waals surface area contributed by atoms with Gasteiger partial charge < -0.3 is 4.74 Å². The minimum Gasteiger partial charge on any atom is -0.496 e. The summed E-state index contributed by atoms with van der Waals surface area (Å²) in [6, 6.07) is 9.46. The van der Waals surface area contributed by atoms with E-state index >= 15 is 0 Å². The fraction of sp³-hybridized carbons (Fsp3) is 0.280. The summed E-state index contributed by atoms with van der Waals surface area (Å²) in [5.41, 5.74) is 6.34. The molecule has 0 fully saturated rings. The van der Waals surface area contributed by atoms with E-state index in [1.807, 2.05) is 45.0 Å². The molecule has 4 rings (SSSR count). The molecule has 176 valence electrons. The third-order valence-corrected chi connectivity index (χ3v) is 7.58. The number of aromatic nitrogens is 4. The Morgan fingerprint density at radius 3 is 2.44 bits per heavy atom. The average molecular weight is 513 g/mol. The molecular formula is C25H25ClN4O2S2. The summed E-state index contributed by atoms with van der Waals surface area (Å²) in [6.45, 7) is 10.1. The molecule has 4 aromatic rings. The molecule has 0 spiro atoms. The fourth-order valence-corrected chi connectivity index (χ4v) is 6.48. The third kappa shape index (κ3) is 4.76. The molecule has 0 N–H and O–H groups in total. The first-order chi connectivity index (χ1) is 16.2. The smallest absolute Gasteiger partial charge is 0.212 e. The molecule has 0 bridgehead atoms. The number of hydrogen-bond donors (Lipinski definition) is 0. The highest BCUT2D eigenvalue weighted by atomic mass is 35.5. The van der Waals surface area contributed by atoms with Crippen LogP contribution in [0, 0.1) is 20.8 Å². The summed E-state index contributed by atoms with van der Waals surface area (Å²) < 4.78 is 8.25. The van der Waals surface area contributed by atoms with Gasteiger partial charge in [-0.05, 0) is 56.7 Å². The zero-order valence-electron chi connectivity index (χ0n) is 19.8. The second kappa shape index (κ2) is 9.90. The zero-order valence-corrected chi connectivity index (χ0v) is 22.2. The Morgan fingerprint density at radius 1 is 1.12 bits per heavy atom. The Morgan fingerprint density at radius 2 is 1.82 bits per heavy atom. The second-order valence-electron chi connectivity index (χ2n) is 8.16. The van der Waals surface area contributed by atoms with Crippen LogP contribution in [0.3, 0.4) is 0 Å². The summed E-state index contributed by atoms with van der Waals surface area (Å²) in [7, 11) is 1.62. The van der Waals surface area contributed by atoms with Gasteiger partial charge in [-0.15, -0.1) is 11.8 Å². The molecule has 0 saturated carbocycles. The molecular weight excluding hydrogens is 488 g/mol. The SMILES string of the molecule is COc1cc(Cl)ccc1-c1nc(-n2nc(C)c(-c3cc(C)nc(C)c3)c2C=O)sc1SC(C)C. The van der Waals surface area contributed by atoms with Crippen molar-refractivity contribution in [1.82, 2.24) is 19.7 Å². The van der Waals surface area contributed by atoms with Crippen LogP contribution in [0.25, 0.3) is 27.5 Å². The molecule has 3 heterocycles. The topological polar surface area (TPSA) is 69.9 Å². The summed E-state index contributed by atoms with van der Waals surface area (Å²) in [6.07, 6.45) is 0.847. The number of carbonyl (C=O) groups is 1. The maximum Gasteiger partial charge on any atom is 0.212 e. The Bertz CT molecular complexity index is 1360. The average Bonchev–Trinajstić information content (AvgIpc) is 3.32. The van der Waals surface area contributed by atoms with Gasteiger partial charge in [0, 0.05) is 32.8 Å². The number of methoxy groups -OCH3 is 1. The van der Waals surface area contributed by atoms with Crippen LogP contribution in [0.4, 0.5) is 0 Å². The number of thioether (sulfide) groups is 1. The van der Waals surface area contributed by atoms with E-state index in [1.165, 1.54) is 11.3 Å². The first-order valence-electron chi connectivity index (χ1n) is 10.7.